The first-order valence-corrected chi connectivity index (χ1v) is 13.6. The van der Waals surface area contributed by atoms with Crippen molar-refractivity contribution < 1.29 is 94.5 Å². The van der Waals surface area contributed by atoms with Gasteiger partial charge in [0.15, 0.2) is 0 Å². The first-order valence-electron chi connectivity index (χ1n) is 10.8. The molecule has 2 aliphatic rings. The Hall–Kier alpha value is -1.70. The van der Waals surface area contributed by atoms with Crippen molar-refractivity contribution in [1.29, 1.82) is 0 Å². The maximum absolute atomic E-state index is 11.2. The van der Waals surface area contributed by atoms with E-state index in [0.29, 0.717) is 47.0 Å². The Morgan fingerprint density at radius 2 is 0.842 bits per heavy atom. The first kappa shape index (κ1) is 30.8. The summed E-state index contributed by atoms with van der Waals surface area (Å²) in [5.74, 6) is 2.27. The SMILES string of the molecule is O=S(=O)([O-])c1cccc2c1Cc1ccccc1O2.O=S(=O)([O-])c1cccc2c1Cc1ccccc1O2.[Na+].[Na+]. The summed E-state index contributed by atoms with van der Waals surface area (Å²) in [6.07, 6.45) is 0.784. The maximum Gasteiger partial charge on any atom is 1.00 e. The minimum absolute atomic E-state index is 0. The number of hydrogen-bond acceptors (Lipinski definition) is 8. The van der Waals surface area contributed by atoms with Gasteiger partial charge in [-0.1, -0.05) is 48.5 Å². The Kier molecular flexibility index (Phi) is 9.92. The van der Waals surface area contributed by atoms with Gasteiger partial charge < -0.3 is 18.6 Å². The number of hydrogen-bond donors (Lipinski definition) is 0. The zero-order valence-electron chi connectivity index (χ0n) is 20.6. The van der Waals surface area contributed by atoms with Gasteiger partial charge in [-0.15, -0.1) is 0 Å². The summed E-state index contributed by atoms with van der Waals surface area (Å²) in [7, 11) is -8.95. The number of para-hydroxylation sites is 2. The van der Waals surface area contributed by atoms with Gasteiger partial charge in [0.25, 0.3) is 0 Å². The van der Waals surface area contributed by atoms with Gasteiger partial charge >= 0.3 is 59.1 Å². The molecular weight excluding hydrogens is 550 g/mol. The molecule has 0 aromatic heterocycles. The van der Waals surface area contributed by atoms with Gasteiger partial charge in [-0.3, -0.25) is 0 Å². The van der Waals surface area contributed by atoms with E-state index in [1.54, 1.807) is 12.1 Å². The maximum atomic E-state index is 11.2. The Morgan fingerprint density at radius 1 is 0.500 bits per heavy atom. The van der Waals surface area contributed by atoms with Gasteiger partial charge in [-0.25, -0.2) is 16.8 Å². The molecule has 0 atom stereocenters. The molecular formula is C26H18Na2O8S2. The van der Waals surface area contributed by atoms with Crippen LogP contribution in [0.15, 0.2) is 94.7 Å². The third-order valence-corrected chi connectivity index (χ3v) is 7.68. The first-order chi connectivity index (χ1) is 17.1. The fourth-order valence-corrected chi connectivity index (χ4v) is 5.66. The van der Waals surface area contributed by atoms with Crippen LogP contribution < -0.4 is 68.6 Å². The fourth-order valence-electron chi connectivity index (χ4n) is 4.22. The van der Waals surface area contributed by atoms with Crippen LogP contribution in [0.1, 0.15) is 22.3 Å². The van der Waals surface area contributed by atoms with Crippen molar-refractivity contribution in [2.75, 3.05) is 0 Å². The number of fused-ring (bicyclic) bond motifs is 4. The molecule has 0 bridgehead atoms. The van der Waals surface area contributed by atoms with Crippen molar-refractivity contribution in [2.45, 2.75) is 22.6 Å². The summed E-state index contributed by atoms with van der Waals surface area (Å²) in [6, 6.07) is 23.7. The van der Waals surface area contributed by atoms with E-state index in [1.807, 2.05) is 48.5 Å². The van der Waals surface area contributed by atoms with E-state index in [2.05, 4.69) is 0 Å². The summed E-state index contributed by atoms with van der Waals surface area (Å²) >= 11 is 0. The van der Waals surface area contributed by atoms with Crippen LogP contribution in [0.25, 0.3) is 0 Å². The quantitative estimate of drug-likeness (QED) is 0.184. The van der Waals surface area contributed by atoms with E-state index in [4.69, 9.17) is 9.47 Å². The van der Waals surface area contributed by atoms with E-state index < -0.39 is 20.2 Å². The van der Waals surface area contributed by atoms with Crippen molar-refractivity contribution in [3.05, 3.63) is 107 Å². The summed E-state index contributed by atoms with van der Waals surface area (Å²) in [5, 5.41) is 0. The molecule has 0 unspecified atom stereocenters. The minimum Gasteiger partial charge on any atom is -0.744 e. The monoisotopic (exact) mass is 568 g/mol. The van der Waals surface area contributed by atoms with Crippen LogP contribution in [0.3, 0.4) is 0 Å². The average Bonchev–Trinajstić information content (AvgIpc) is 2.84. The largest absolute Gasteiger partial charge is 1.00 e. The predicted molar refractivity (Wildman–Crippen MR) is 127 cm³/mol. The van der Waals surface area contributed by atoms with Gasteiger partial charge in [0, 0.05) is 24.0 Å². The Morgan fingerprint density at radius 3 is 1.21 bits per heavy atom. The molecule has 8 nitrogen and oxygen atoms in total. The van der Waals surface area contributed by atoms with Crippen LogP contribution in [-0.2, 0) is 33.1 Å². The normalized spacial score (nSPS) is 12.7. The number of rotatable bonds is 2. The second-order valence-corrected chi connectivity index (χ2v) is 10.8. The van der Waals surface area contributed by atoms with Crippen molar-refractivity contribution >= 4 is 20.2 Å². The zero-order chi connectivity index (χ0) is 25.5. The molecule has 0 radical (unpaired) electrons. The van der Waals surface area contributed by atoms with E-state index in [0.717, 1.165) is 11.1 Å². The number of benzene rings is 4. The van der Waals surface area contributed by atoms with Crippen molar-refractivity contribution in [3.8, 4) is 23.0 Å². The van der Waals surface area contributed by atoms with Crippen molar-refractivity contribution in [1.82, 2.24) is 0 Å². The molecule has 2 aliphatic heterocycles. The minimum atomic E-state index is -4.48. The molecule has 0 amide bonds. The summed E-state index contributed by atoms with van der Waals surface area (Å²) in [5.41, 5.74) is 2.62. The Bertz CT molecular complexity index is 1580. The Balaban J connectivity index is 0.000000200. The second-order valence-electron chi connectivity index (χ2n) is 8.15. The molecule has 0 saturated carbocycles. The molecule has 0 spiro atoms. The van der Waals surface area contributed by atoms with Crippen LogP contribution in [0.5, 0.6) is 23.0 Å². The summed E-state index contributed by atoms with van der Waals surface area (Å²) in [6.45, 7) is 0. The molecule has 4 aromatic rings. The molecule has 38 heavy (non-hydrogen) atoms. The van der Waals surface area contributed by atoms with Crippen molar-refractivity contribution in [2.24, 2.45) is 0 Å². The molecule has 0 aliphatic carbocycles. The molecule has 184 valence electrons. The number of ether oxygens (including phenoxy) is 2. The third-order valence-electron chi connectivity index (χ3n) is 5.84. The molecule has 6 rings (SSSR count). The summed E-state index contributed by atoms with van der Waals surface area (Å²) < 4.78 is 78.5. The van der Waals surface area contributed by atoms with Gasteiger partial charge in [0.05, 0.1) is 9.79 Å². The van der Waals surface area contributed by atoms with Crippen LogP contribution in [0.4, 0.5) is 0 Å². The van der Waals surface area contributed by atoms with Crippen molar-refractivity contribution in [3.63, 3.8) is 0 Å². The van der Waals surface area contributed by atoms with Crippen LogP contribution >= 0.6 is 0 Å². The van der Waals surface area contributed by atoms with Gasteiger partial charge in [0.1, 0.15) is 43.2 Å². The third kappa shape index (κ3) is 6.53. The summed E-state index contributed by atoms with van der Waals surface area (Å²) in [4.78, 5) is -0.399. The van der Waals surface area contributed by atoms with Crippen LogP contribution in [0.2, 0.25) is 0 Å². The molecule has 0 saturated heterocycles. The van der Waals surface area contributed by atoms with Gasteiger partial charge in [-0.2, -0.15) is 0 Å². The second kappa shape index (κ2) is 12.2. The smallest absolute Gasteiger partial charge is 0.744 e. The Labute approximate surface area is 265 Å². The predicted octanol–water partition coefficient (Wildman–Crippen LogP) is -1.42. The van der Waals surface area contributed by atoms with Gasteiger partial charge in [-0.05, 0) is 47.5 Å². The van der Waals surface area contributed by atoms with E-state index in [-0.39, 0.29) is 68.9 Å². The van der Waals surface area contributed by atoms with Gasteiger partial charge in [0.2, 0.25) is 0 Å². The van der Waals surface area contributed by atoms with E-state index >= 15 is 0 Å². The standard InChI is InChI=1S/2C13H10O4S.2Na/c2*14-18(15,16)13-7-3-6-12-10(13)8-9-4-1-2-5-11(9)17-12;;/h2*1-7H,8H2,(H,14,15,16);;/q;;2*+1/p-2. The zero-order valence-corrected chi connectivity index (χ0v) is 26.2. The molecule has 12 heteroatoms. The molecule has 2 heterocycles. The van der Waals surface area contributed by atoms with E-state index in [1.165, 1.54) is 24.3 Å². The average molecular weight is 569 g/mol. The van der Waals surface area contributed by atoms with E-state index in [9.17, 15) is 25.9 Å². The topological polar surface area (TPSA) is 133 Å². The van der Waals surface area contributed by atoms with Crippen LogP contribution in [0, 0.1) is 0 Å². The fraction of sp³-hybridized carbons (Fsp3) is 0.0769. The van der Waals surface area contributed by atoms with Crippen LogP contribution in [-0.4, -0.2) is 25.9 Å². The molecule has 0 fully saturated rings. The molecule has 4 aromatic carbocycles. The molecule has 0 N–H and O–H groups in total.